The normalized spacial score (nSPS) is 10.1. The zero-order valence-electron chi connectivity index (χ0n) is 12.9. The Morgan fingerprint density at radius 1 is 1.17 bits per heavy atom. The van der Waals surface area contributed by atoms with Gasteiger partial charge in [-0.15, -0.1) is 0 Å². The number of hydrogen-bond acceptors (Lipinski definition) is 3. The second kappa shape index (κ2) is 8.24. The summed E-state index contributed by atoms with van der Waals surface area (Å²) < 4.78 is 0. The highest BCUT2D eigenvalue weighted by Gasteiger charge is 2.11. The van der Waals surface area contributed by atoms with Crippen molar-refractivity contribution in [3.05, 3.63) is 70.3 Å². The molecule has 0 amide bonds. The highest BCUT2D eigenvalue weighted by Crippen LogP contribution is 2.16. The molecule has 2 rings (SSSR count). The molecular formula is C17H19N3O2S. The van der Waals surface area contributed by atoms with Crippen LogP contribution in [0.4, 0.5) is 11.4 Å². The maximum atomic E-state index is 10.7. The molecule has 0 fully saturated rings. The molecule has 0 aliphatic carbocycles. The Bertz CT molecular complexity index is 659. The summed E-state index contributed by atoms with van der Waals surface area (Å²) in [7, 11) is 0. The third-order valence-electron chi connectivity index (χ3n) is 3.33. The molecule has 0 unspecified atom stereocenters. The summed E-state index contributed by atoms with van der Waals surface area (Å²) in [5.74, 6) is 0. The number of thiocarbonyl (C=S) groups is 1. The lowest BCUT2D eigenvalue weighted by Gasteiger charge is -2.25. The van der Waals surface area contributed by atoms with Gasteiger partial charge in [-0.2, -0.15) is 0 Å². The van der Waals surface area contributed by atoms with Gasteiger partial charge in [-0.25, -0.2) is 0 Å². The lowest BCUT2D eigenvalue weighted by Crippen LogP contribution is -2.34. The summed E-state index contributed by atoms with van der Waals surface area (Å²) in [4.78, 5) is 12.4. The van der Waals surface area contributed by atoms with E-state index >= 15 is 0 Å². The monoisotopic (exact) mass is 329 g/mol. The minimum atomic E-state index is -0.416. The van der Waals surface area contributed by atoms with Crippen LogP contribution in [0.5, 0.6) is 0 Å². The van der Waals surface area contributed by atoms with Crippen molar-refractivity contribution in [1.82, 2.24) is 4.90 Å². The second-order valence-electron chi connectivity index (χ2n) is 5.14. The Balaban J connectivity index is 2.04. The highest BCUT2D eigenvalue weighted by molar-refractivity contribution is 7.80. The number of nitrogens with zero attached hydrogens (tertiary/aromatic N) is 2. The Morgan fingerprint density at radius 3 is 2.39 bits per heavy atom. The first-order valence-electron chi connectivity index (χ1n) is 7.44. The molecule has 6 heteroatoms. The molecule has 0 spiro atoms. The van der Waals surface area contributed by atoms with E-state index in [1.165, 1.54) is 17.7 Å². The number of anilines is 1. The molecule has 2 aromatic rings. The third kappa shape index (κ3) is 5.03. The molecule has 0 heterocycles. The number of nitrogens with one attached hydrogen (secondary N) is 1. The minimum absolute atomic E-state index is 0.0659. The Morgan fingerprint density at radius 2 is 1.83 bits per heavy atom. The average Bonchev–Trinajstić information content (AvgIpc) is 2.56. The molecule has 0 aliphatic rings. The molecule has 120 valence electrons. The van der Waals surface area contributed by atoms with Crippen LogP contribution in [0.15, 0.2) is 54.6 Å². The highest BCUT2D eigenvalue weighted by atomic mass is 32.1. The number of nitro groups is 1. The molecule has 0 aliphatic heterocycles. The van der Waals surface area contributed by atoms with Gasteiger partial charge in [0.15, 0.2) is 5.11 Å². The first-order valence-corrected chi connectivity index (χ1v) is 7.85. The van der Waals surface area contributed by atoms with Crippen LogP contribution in [0.2, 0.25) is 0 Å². The van der Waals surface area contributed by atoms with E-state index in [1.54, 1.807) is 12.1 Å². The van der Waals surface area contributed by atoms with E-state index in [4.69, 9.17) is 12.2 Å². The first-order chi connectivity index (χ1) is 11.1. The standard InChI is InChI=1S/C17H19N3O2S/c1-2-12-19(13-14-6-4-3-5-7-14)17(23)18-15-8-10-16(11-9-15)20(21)22/h3-11H,2,12-13H2,1H3,(H,18,23). The van der Waals surface area contributed by atoms with Gasteiger partial charge < -0.3 is 10.2 Å². The number of benzene rings is 2. The van der Waals surface area contributed by atoms with Crippen LogP contribution < -0.4 is 5.32 Å². The lowest BCUT2D eigenvalue weighted by atomic mass is 10.2. The molecule has 5 nitrogen and oxygen atoms in total. The van der Waals surface area contributed by atoms with Crippen LogP contribution >= 0.6 is 12.2 Å². The van der Waals surface area contributed by atoms with Crippen molar-refractivity contribution in [3.63, 3.8) is 0 Å². The van der Waals surface area contributed by atoms with Crippen molar-refractivity contribution >= 4 is 28.7 Å². The Hall–Kier alpha value is -2.47. The number of hydrogen-bond donors (Lipinski definition) is 1. The van der Waals surface area contributed by atoms with Crippen molar-refractivity contribution in [2.75, 3.05) is 11.9 Å². The van der Waals surface area contributed by atoms with Gasteiger partial charge in [0.1, 0.15) is 0 Å². The van der Waals surface area contributed by atoms with Gasteiger partial charge in [0.2, 0.25) is 0 Å². The van der Waals surface area contributed by atoms with Gasteiger partial charge >= 0.3 is 0 Å². The van der Waals surface area contributed by atoms with Gasteiger partial charge in [0.05, 0.1) is 4.92 Å². The zero-order valence-corrected chi connectivity index (χ0v) is 13.8. The summed E-state index contributed by atoms with van der Waals surface area (Å²) in [6.45, 7) is 3.67. The summed E-state index contributed by atoms with van der Waals surface area (Å²) in [5.41, 5.74) is 2.00. The van der Waals surface area contributed by atoms with Crippen LogP contribution in [0.3, 0.4) is 0 Å². The van der Waals surface area contributed by atoms with Crippen molar-refractivity contribution in [1.29, 1.82) is 0 Å². The average molecular weight is 329 g/mol. The van der Waals surface area contributed by atoms with Crippen molar-refractivity contribution in [3.8, 4) is 0 Å². The minimum Gasteiger partial charge on any atom is -0.345 e. The first kappa shape index (κ1) is 16.9. The van der Waals surface area contributed by atoms with Crippen LogP contribution in [-0.2, 0) is 6.54 Å². The number of rotatable bonds is 6. The molecule has 0 radical (unpaired) electrons. The Labute approximate surface area is 141 Å². The van der Waals surface area contributed by atoms with Gasteiger partial charge in [0.25, 0.3) is 5.69 Å². The van der Waals surface area contributed by atoms with Crippen LogP contribution in [0, 0.1) is 10.1 Å². The largest absolute Gasteiger partial charge is 0.345 e. The number of non-ortho nitro benzene ring substituents is 1. The molecule has 0 bridgehead atoms. The predicted octanol–water partition coefficient (Wildman–Crippen LogP) is 4.20. The van der Waals surface area contributed by atoms with E-state index in [2.05, 4.69) is 29.3 Å². The van der Waals surface area contributed by atoms with Crippen molar-refractivity contribution in [2.24, 2.45) is 0 Å². The van der Waals surface area contributed by atoms with Gasteiger partial charge in [0, 0.05) is 30.9 Å². The van der Waals surface area contributed by atoms with E-state index in [0.29, 0.717) is 5.11 Å². The molecule has 23 heavy (non-hydrogen) atoms. The summed E-state index contributed by atoms with van der Waals surface area (Å²) in [6.07, 6.45) is 0.981. The lowest BCUT2D eigenvalue weighted by molar-refractivity contribution is -0.384. The maximum absolute atomic E-state index is 10.7. The van der Waals surface area contributed by atoms with Gasteiger partial charge in [-0.05, 0) is 36.3 Å². The topological polar surface area (TPSA) is 58.4 Å². The maximum Gasteiger partial charge on any atom is 0.269 e. The summed E-state index contributed by atoms with van der Waals surface area (Å²) in [5, 5.41) is 14.4. The Kier molecular flexibility index (Phi) is 6.05. The predicted molar refractivity (Wildman–Crippen MR) is 96.5 cm³/mol. The molecule has 0 saturated carbocycles. The number of nitro benzene ring substituents is 1. The SMILES string of the molecule is CCCN(Cc1ccccc1)C(=S)Nc1ccc([N+](=O)[O-])cc1. The van der Waals surface area contributed by atoms with E-state index in [9.17, 15) is 10.1 Å². The molecule has 0 saturated heterocycles. The van der Waals surface area contributed by atoms with Gasteiger partial charge in [-0.1, -0.05) is 37.3 Å². The van der Waals surface area contributed by atoms with E-state index < -0.39 is 4.92 Å². The van der Waals surface area contributed by atoms with Crippen molar-refractivity contribution in [2.45, 2.75) is 19.9 Å². The second-order valence-corrected chi connectivity index (χ2v) is 5.53. The third-order valence-corrected chi connectivity index (χ3v) is 3.69. The van der Waals surface area contributed by atoms with E-state index in [-0.39, 0.29) is 5.69 Å². The molecule has 2 aromatic carbocycles. The molecule has 0 atom stereocenters. The fourth-order valence-electron chi connectivity index (χ4n) is 2.20. The fraction of sp³-hybridized carbons (Fsp3) is 0.235. The van der Waals surface area contributed by atoms with E-state index in [0.717, 1.165) is 25.2 Å². The zero-order chi connectivity index (χ0) is 16.7. The van der Waals surface area contributed by atoms with Crippen molar-refractivity contribution < 1.29 is 4.92 Å². The molecular weight excluding hydrogens is 310 g/mol. The fourth-order valence-corrected chi connectivity index (χ4v) is 2.47. The van der Waals surface area contributed by atoms with Crippen LogP contribution in [0.25, 0.3) is 0 Å². The molecule has 1 N–H and O–H groups in total. The van der Waals surface area contributed by atoms with Gasteiger partial charge in [-0.3, -0.25) is 10.1 Å². The van der Waals surface area contributed by atoms with Crippen LogP contribution in [0.1, 0.15) is 18.9 Å². The van der Waals surface area contributed by atoms with Crippen LogP contribution in [-0.4, -0.2) is 21.5 Å². The smallest absolute Gasteiger partial charge is 0.269 e. The summed E-state index contributed by atoms with van der Waals surface area (Å²) >= 11 is 5.49. The molecule has 0 aromatic heterocycles. The van der Waals surface area contributed by atoms with E-state index in [1.807, 2.05) is 18.2 Å². The quantitative estimate of drug-likeness (QED) is 0.489. The summed E-state index contributed by atoms with van der Waals surface area (Å²) in [6, 6.07) is 16.4.